The van der Waals surface area contributed by atoms with Crippen LogP contribution in [0.3, 0.4) is 0 Å². The molecular formula is C16H19N3O3S. The molecule has 1 fully saturated rings. The van der Waals surface area contributed by atoms with Crippen molar-refractivity contribution >= 4 is 23.2 Å². The molecule has 6 nitrogen and oxygen atoms in total. The second-order valence-electron chi connectivity index (χ2n) is 5.34. The van der Waals surface area contributed by atoms with Gasteiger partial charge in [-0.1, -0.05) is 6.07 Å². The minimum atomic E-state index is -0.193. The van der Waals surface area contributed by atoms with Crippen LogP contribution in [-0.2, 0) is 0 Å². The fraction of sp³-hybridized carbons (Fsp3) is 0.375. The number of carbonyl (C=O) groups excluding carboxylic acids is 2. The van der Waals surface area contributed by atoms with Crippen molar-refractivity contribution in [3.63, 3.8) is 0 Å². The second kappa shape index (κ2) is 7.43. The highest BCUT2D eigenvalue weighted by Gasteiger charge is 2.22. The van der Waals surface area contributed by atoms with Gasteiger partial charge in [-0.15, -0.1) is 11.3 Å². The Morgan fingerprint density at radius 2 is 2.00 bits per heavy atom. The van der Waals surface area contributed by atoms with E-state index in [4.69, 9.17) is 4.42 Å². The molecule has 2 aromatic heterocycles. The summed E-state index contributed by atoms with van der Waals surface area (Å²) < 4.78 is 5.04. The highest BCUT2D eigenvalue weighted by molar-refractivity contribution is 7.12. The lowest BCUT2D eigenvalue weighted by Crippen LogP contribution is -2.50. The van der Waals surface area contributed by atoms with Gasteiger partial charge in [-0.2, -0.15) is 0 Å². The van der Waals surface area contributed by atoms with Crippen LogP contribution in [0, 0.1) is 0 Å². The van der Waals surface area contributed by atoms with E-state index in [0.29, 0.717) is 12.3 Å². The minimum absolute atomic E-state index is 0.116. The monoisotopic (exact) mass is 333 g/mol. The van der Waals surface area contributed by atoms with Gasteiger partial charge in [0.1, 0.15) is 0 Å². The first kappa shape index (κ1) is 15.8. The number of hydrogen-bond acceptors (Lipinski definition) is 5. The Balaban J connectivity index is 1.38. The molecule has 2 aromatic rings. The van der Waals surface area contributed by atoms with Crippen molar-refractivity contribution in [2.24, 2.45) is 0 Å². The number of hydrogen-bond donors (Lipinski definition) is 1. The molecule has 0 saturated carbocycles. The van der Waals surface area contributed by atoms with Gasteiger partial charge in [-0.25, -0.2) is 0 Å². The average molecular weight is 333 g/mol. The van der Waals surface area contributed by atoms with Crippen LogP contribution in [0.25, 0.3) is 0 Å². The van der Waals surface area contributed by atoms with E-state index in [0.717, 1.165) is 37.6 Å². The molecule has 0 bridgehead atoms. The smallest absolute Gasteiger partial charge is 0.287 e. The molecule has 122 valence electrons. The quantitative estimate of drug-likeness (QED) is 0.901. The normalized spacial score (nSPS) is 15.6. The van der Waals surface area contributed by atoms with E-state index < -0.39 is 0 Å². The SMILES string of the molecule is O=C(NCCN1CCN(C(=O)c2cccs2)CC1)c1ccco1. The van der Waals surface area contributed by atoms with E-state index in [-0.39, 0.29) is 11.8 Å². The highest BCUT2D eigenvalue weighted by atomic mass is 32.1. The lowest BCUT2D eigenvalue weighted by Gasteiger charge is -2.34. The van der Waals surface area contributed by atoms with Gasteiger partial charge in [-0.3, -0.25) is 14.5 Å². The Kier molecular flexibility index (Phi) is 5.09. The molecule has 1 aliphatic heterocycles. The summed E-state index contributed by atoms with van der Waals surface area (Å²) in [4.78, 5) is 28.9. The molecular weight excluding hydrogens is 314 g/mol. The first-order valence-electron chi connectivity index (χ1n) is 7.61. The molecule has 0 spiro atoms. The Morgan fingerprint density at radius 3 is 2.65 bits per heavy atom. The molecule has 0 aliphatic carbocycles. The molecule has 1 aliphatic rings. The Bertz CT molecular complexity index is 629. The van der Waals surface area contributed by atoms with Crippen LogP contribution >= 0.6 is 11.3 Å². The third-order valence-electron chi connectivity index (χ3n) is 3.85. The van der Waals surface area contributed by atoms with Crippen molar-refractivity contribution in [1.82, 2.24) is 15.1 Å². The standard InChI is InChI=1S/C16H19N3O3S/c20-15(13-3-1-11-22-13)17-5-6-18-7-9-19(10-8-18)16(21)14-4-2-12-23-14/h1-4,11-12H,5-10H2,(H,17,20). The Labute approximate surface area is 138 Å². The zero-order valence-electron chi connectivity index (χ0n) is 12.7. The van der Waals surface area contributed by atoms with Crippen LogP contribution in [-0.4, -0.2) is 60.9 Å². The van der Waals surface area contributed by atoms with E-state index in [1.54, 1.807) is 12.1 Å². The molecule has 3 heterocycles. The maximum Gasteiger partial charge on any atom is 0.287 e. The third kappa shape index (κ3) is 4.00. The maximum absolute atomic E-state index is 12.3. The lowest BCUT2D eigenvalue weighted by molar-refractivity contribution is 0.0642. The number of nitrogens with one attached hydrogen (secondary N) is 1. The molecule has 0 radical (unpaired) electrons. The van der Waals surface area contributed by atoms with E-state index in [1.807, 2.05) is 22.4 Å². The van der Waals surface area contributed by atoms with Crippen molar-refractivity contribution in [1.29, 1.82) is 0 Å². The number of amides is 2. The zero-order valence-corrected chi connectivity index (χ0v) is 13.6. The maximum atomic E-state index is 12.3. The summed E-state index contributed by atoms with van der Waals surface area (Å²) in [5.41, 5.74) is 0. The van der Waals surface area contributed by atoms with E-state index >= 15 is 0 Å². The number of furan rings is 1. The predicted octanol–water partition coefficient (Wildman–Crippen LogP) is 1.53. The van der Waals surface area contributed by atoms with Crippen LogP contribution in [0.2, 0.25) is 0 Å². The summed E-state index contributed by atoms with van der Waals surface area (Å²) in [6, 6.07) is 7.10. The summed E-state index contributed by atoms with van der Waals surface area (Å²) in [5, 5.41) is 4.76. The van der Waals surface area contributed by atoms with Crippen LogP contribution in [0.5, 0.6) is 0 Å². The fourth-order valence-corrected chi connectivity index (χ4v) is 3.24. The van der Waals surface area contributed by atoms with Crippen molar-refractivity contribution in [3.05, 3.63) is 46.5 Å². The van der Waals surface area contributed by atoms with Gasteiger partial charge in [0.15, 0.2) is 5.76 Å². The van der Waals surface area contributed by atoms with E-state index in [9.17, 15) is 9.59 Å². The minimum Gasteiger partial charge on any atom is -0.459 e. The summed E-state index contributed by atoms with van der Waals surface area (Å²) >= 11 is 1.48. The molecule has 0 atom stereocenters. The van der Waals surface area contributed by atoms with Crippen LogP contribution in [0.1, 0.15) is 20.2 Å². The summed E-state index contributed by atoms with van der Waals surface area (Å²) in [6.45, 7) is 4.44. The van der Waals surface area contributed by atoms with Crippen molar-refractivity contribution in [2.45, 2.75) is 0 Å². The van der Waals surface area contributed by atoms with Gasteiger partial charge in [-0.05, 0) is 23.6 Å². The van der Waals surface area contributed by atoms with E-state index in [1.165, 1.54) is 17.6 Å². The Hall–Kier alpha value is -2.12. The van der Waals surface area contributed by atoms with Crippen molar-refractivity contribution < 1.29 is 14.0 Å². The van der Waals surface area contributed by atoms with Gasteiger partial charge in [0, 0.05) is 39.3 Å². The van der Waals surface area contributed by atoms with Crippen LogP contribution < -0.4 is 5.32 Å². The largest absolute Gasteiger partial charge is 0.459 e. The molecule has 23 heavy (non-hydrogen) atoms. The first-order valence-corrected chi connectivity index (χ1v) is 8.49. The number of carbonyl (C=O) groups is 2. The van der Waals surface area contributed by atoms with Crippen LogP contribution in [0.15, 0.2) is 40.3 Å². The van der Waals surface area contributed by atoms with Gasteiger partial charge in [0.05, 0.1) is 11.1 Å². The number of rotatable bonds is 5. The summed E-state index contributed by atoms with van der Waals surface area (Å²) in [7, 11) is 0. The van der Waals surface area contributed by atoms with Crippen molar-refractivity contribution in [2.75, 3.05) is 39.3 Å². The third-order valence-corrected chi connectivity index (χ3v) is 4.71. The van der Waals surface area contributed by atoms with Crippen LogP contribution in [0.4, 0.5) is 0 Å². The van der Waals surface area contributed by atoms with Gasteiger partial charge in [0.25, 0.3) is 11.8 Å². The summed E-state index contributed by atoms with van der Waals surface area (Å²) in [6.07, 6.45) is 1.48. The zero-order chi connectivity index (χ0) is 16.1. The second-order valence-corrected chi connectivity index (χ2v) is 6.29. The van der Waals surface area contributed by atoms with Crippen molar-refractivity contribution in [3.8, 4) is 0 Å². The molecule has 2 amide bonds. The molecule has 1 N–H and O–H groups in total. The molecule has 7 heteroatoms. The van der Waals surface area contributed by atoms with E-state index in [2.05, 4.69) is 10.2 Å². The molecule has 0 unspecified atom stereocenters. The van der Waals surface area contributed by atoms with Gasteiger partial charge >= 0.3 is 0 Å². The summed E-state index contributed by atoms with van der Waals surface area (Å²) in [5.74, 6) is 0.253. The molecule has 3 rings (SSSR count). The number of thiophene rings is 1. The highest BCUT2D eigenvalue weighted by Crippen LogP contribution is 2.13. The average Bonchev–Trinajstić information content (AvgIpc) is 3.28. The first-order chi connectivity index (χ1) is 11.2. The predicted molar refractivity (Wildman–Crippen MR) is 87.7 cm³/mol. The molecule has 1 saturated heterocycles. The number of nitrogens with zero attached hydrogens (tertiary/aromatic N) is 2. The van der Waals surface area contributed by atoms with Gasteiger partial charge < -0.3 is 14.6 Å². The topological polar surface area (TPSA) is 65.8 Å². The molecule has 0 aromatic carbocycles. The lowest BCUT2D eigenvalue weighted by atomic mass is 10.3. The Morgan fingerprint density at radius 1 is 1.17 bits per heavy atom. The van der Waals surface area contributed by atoms with Gasteiger partial charge in [0.2, 0.25) is 0 Å². The fourth-order valence-electron chi connectivity index (χ4n) is 2.55. The number of piperazine rings is 1.